The van der Waals surface area contributed by atoms with E-state index in [2.05, 4.69) is 50.2 Å². The Labute approximate surface area is 210 Å². The number of hydrogen-bond acceptors (Lipinski definition) is 7. The van der Waals surface area contributed by atoms with Crippen LogP contribution in [0.2, 0.25) is 0 Å². The summed E-state index contributed by atoms with van der Waals surface area (Å²) < 4.78 is 38.9. The molecule has 2 atom stereocenters. The molecule has 0 spiro atoms. The van der Waals surface area contributed by atoms with Crippen molar-refractivity contribution in [2.24, 2.45) is 7.05 Å². The smallest absolute Gasteiger partial charge is 0.244 e. The van der Waals surface area contributed by atoms with Gasteiger partial charge in [-0.15, -0.1) is 0 Å². The van der Waals surface area contributed by atoms with Gasteiger partial charge in [0.2, 0.25) is 10.0 Å². The van der Waals surface area contributed by atoms with Crippen LogP contribution in [-0.4, -0.2) is 82.4 Å². The van der Waals surface area contributed by atoms with Crippen LogP contribution in [0.15, 0.2) is 60.8 Å². The van der Waals surface area contributed by atoms with Crippen LogP contribution in [-0.2, 0) is 34.5 Å². The molecule has 11 heteroatoms. The number of benzene rings is 1. The molecule has 1 aromatic carbocycles. The molecular weight excluding hydrogens is 484 g/mol. The van der Waals surface area contributed by atoms with E-state index >= 15 is 0 Å². The SMILES string of the molecule is Cn1nccc1C(c1ccccc1)N1CCN(CCc2cccc(N(S(C)=O)S(C)(=O)=O)n2)CC1. The minimum absolute atomic E-state index is 0.154. The van der Waals surface area contributed by atoms with Gasteiger partial charge in [0.1, 0.15) is 11.0 Å². The molecule has 188 valence electrons. The van der Waals surface area contributed by atoms with Gasteiger partial charge in [0.25, 0.3) is 0 Å². The van der Waals surface area contributed by atoms with Gasteiger partial charge in [0.15, 0.2) is 5.82 Å². The van der Waals surface area contributed by atoms with Crippen molar-refractivity contribution in [1.82, 2.24) is 24.6 Å². The van der Waals surface area contributed by atoms with Crippen molar-refractivity contribution in [3.63, 3.8) is 0 Å². The number of sulfonamides is 1. The third-order valence-electron chi connectivity index (χ3n) is 6.22. The molecule has 0 radical (unpaired) electrons. The van der Waals surface area contributed by atoms with Crippen LogP contribution in [0.5, 0.6) is 0 Å². The van der Waals surface area contributed by atoms with Gasteiger partial charge in [0.05, 0.1) is 18.0 Å². The van der Waals surface area contributed by atoms with Crippen LogP contribution in [0.1, 0.15) is 23.0 Å². The predicted octanol–water partition coefficient (Wildman–Crippen LogP) is 1.82. The van der Waals surface area contributed by atoms with E-state index in [1.807, 2.05) is 30.1 Å². The molecule has 0 saturated carbocycles. The van der Waals surface area contributed by atoms with Crippen molar-refractivity contribution < 1.29 is 12.6 Å². The Morgan fingerprint density at radius 2 is 1.74 bits per heavy atom. The van der Waals surface area contributed by atoms with Crippen LogP contribution in [0, 0.1) is 0 Å². The molecule has 1 aliphatic rings. The molecule has 3 aromatic rings. The number of piperazine rings is 1. The molecule has 4 rings (SSSR count). The Morgan fingerprint density at radius 3 is 2.34 bits per heavy atom. The van der Waals surface area contributed by atoms with Crippen molar-refractivity contribution in [1.29, 1.82) is 0 Å². The summed E-state index contributed by atoms with van der Waals surface area (Å²) in [7, 11) is -3.41. The van der Waals surface area contributed by atoms with Crippen LogP contribution < -0.4 is 3.71 Å². The third-order valence-corrected chi connectivity index (χ3v) is 9.11. The van der Waals surface area contributed by atoms with E-state index in [4.69, 9.17) is 0 Å². The van der Waals surface area contributed by atoms with Gasteiger partial charge in [-0.3, -0.25) is 9.58 Å². The lowest BCUT2D eigenvalue weighted by Crippen LogP contribution is -2.48. The van der Waals surface area contributed by atoms with E-state index in [-0.39, 0.29) is 11.9 Å². The predicted molar refractivity (Wildman–Crippen MR) is 139 cm³/mol. The number of rotatable bonds is 9. The number of aryl methyl sites for hydroxylation is 1. The van der Waals surface area contributed by atoms with Gasteiger partial charge in [-0.2, -0.15) is 8.81 Å². The second kappa shape index (κ2) is 11.0. The van der Waals surface area contributed by atoms with Gasteiger partial charge in [-0.1, -0.05) is 36.4 Å². The van der Waals surface area contributed by atoms with Gasteiger partial charge < -0.3 is 4.90 Å². The van der Waals surface area contributed by atoms with Crippen LogP contribution >= 0.6 is 0 Å². The van der Waals surface area contributed by atoms with E-state index in [1.54, 1.807) is 12.1 Å². The molecule has 3 heterocycles. The zero-order chi connectivity index (χ0) is 25.0. The zero-order valence-electron chi connectivity index (χ0n) is 20.3. The Balaban J connectivity index is 1.40. The first-order valence-corrected chi connectivity index (χ1v) is 14.9. The van der Waals surface area contributed by atoms with Crippen molar-refractivity contribution in [2.45, 2.75) is 12.5 Å². The number of pyridine rings is 1. The number of anilines is 1. The molecule has 2 unspecified atom stereocenters. The lowest BCUT2D eigenvalue weighted by Gasteiger charge is -2.39. The molecule has 35 heavy (non-hydrogen) atoms. The fraction of sp³-hybridized carbons (Fsp3) is 0.417. The first kappa shape index (κ1) is 25.5. The number of nitrogens with zero attached hydrogens (tertiary/aromatic N) is 6. The van der Waals surface area contributed by atoms with E-state index in [0.29, 0.717) is 6.42 Å². The maximum atomic E-state index is 12.1. The van der Waals surface area contributed by atoms with E-state index in [0.717, 1.165) is 48.4 Å². The molecule has 1 fully saturated rings. The highest BCUT2D eigenvalue weighted by Crippen LogP contribution is 2.29. The van der Waals surface area contributed by atoms with Crippen LogP contribution in [0.4, 0.5) is 5.82 Å². The van der Waals surface area contributed by atoms with Crippen molar-refractivity contribution in [3.8, 4) is 0 Å². The van der Waals surface area contributed by atoms with Crippen molar-refractivity contribution in [2.75, 3.05) is 48.9 Å². The highest BCUT2D eigenvalue weighted by atomic mass is 32.3. The fourth-order valence-corrected chi connectivity index (χ4v) is 6.91. The van der Waals surface area contributed by atoms with Gasteiger partial charge in [-0.25, -0.2) is 17.6 Å². The second-order valence-electron chi connectivity index (χ2n) is 8.72. The molecule has 0 aliphatic carbocycles. The van der Waals surface area contributed by atoms with Gasteiger partial charge in [-0.05, 0) is 23.8 Å². The average molecular weight is 517 g/mol. The highest BCUT2D eigenvalue weighted by Gasteiger charge is 2.28. The summed E-state index contributed by atoms with van der Waals surface area (Å²) in [5.41, 5.74) is 3.21. The van der Waals surface area contributed by atoms with E-state index < -0.39 is 21.0 Å². The topological polar surface area (TPSA) is 91.6 Å². The van der Waals surface area contributed by atoms with Crippen LogP contribution in [0.3, 0.4) is 0 Å². The van der Waals surface area contributed by atoms with Gasteiger partial charge in [0, 0.05) is 64.3 Å². The Hall–Kier alpha value is -2.60. The maximum absolute atomic E-state index is 12.1. The van der Waals surface area contributed by atoms with Gasteiger partial charge >= 0.3 is 0 Å². The summed E-state index contributed by atoms with van der Waals surface area (Å²) in [6.45, 7) is 4.52. The Bertz CT molecular complexity index is 1260. The monoisotopic (exact) mass is 516 g/mol. The standard InChI is InChI=1S/C24H32N6O3S2/c1-27-22(12-14-25-27)24(20-8-5-4-6-9-20)29-18-16-28(17-19-29)15-13-21-10-7-11-23(26-21)30(34(2)31)35(3,32)33/h4-12,14,24H,13,15-19H2,1-3H3. The molecule has 0 amide bonds. The summed E-state index contributed by atoms with van der Waals surface area (Å²) in [6, 6.07) is 18.0. The largest absolute Gasteiger partial charge is 0.300 e. The third kappa shape index (κ3) is 6.16. The first-order chi connectivity index (χ1) is 16.7. The van der Waals surface area contributed by atoms with E-state index in [9.17, 15) is 12.6 Å². The zero-order valence-corrected chi connectivity index (χ0v) is 22.0. The molecule has 0 bridgehead atoms. The summed E-state index contributed by atoms with van der Waals surface area (Å²) in [5, 5.41) is 4.39. The van der Waals surface area contributed by atoms with Crippen molar-refractivity contribution in [3.05, 3.63) is 77.7 Å². The van der Waals surface area contributed by atoms with Crippen molar-refractivity contribution >= 4 is 26.8 Å². The van der Waals surface area contributed by atoms with E-state index in [1.165, 1.54) is 17.5 Å². The number of aromatic nitrogens is 3. The molecule has 2 aromatic heterocycles. The lowest BCUT2D eigenvalue weighted by molar-refractivity contribution is 0.107. The molecule has 0 N–H and O–H groups in total. The first-order valence-electron chi connectivity index (χ1n) is 11.5. The highest BCUT2D eigenvalue weighted by molar-refractivity contribution is 8.06. The Kier molecular flexibility index (Phi) is 8.00. The summed E-state index contributed by atoms with van der Waals surface area (Å²) in [6.07, 6.45) is 4.91. The normalized spacial score (nSPS) is 17.2. The molecule has 1 aliphatic heterocycles. The van der Waals surface area contributed by atoms with Crippen LogP contribution in [0.25, 0.3) is 0 Å². The quantitative estimate of drug-likeness (QED) is 0.428. The molecular formula is C24H32N6O3S2. The Morgan fingerprint density at radius 1 is 1.03 bits per heavy atom. The minimum Gasteiger partial charge on any atom is -0.300 e. The molecule has 9 nitrogen and oxygen atoms in total. The maximum Gasteiger partial charge on any atom is 0.244 e. The summed E-state index contributed by atoms with van der Waals surface area (Å²) in [5.74, 6) is 0.192. The fourth-order valence-electron chi connectivity index (χ4n) is 4.57. The summed E-state index contributed by atoms with van der Waals surface area (Å²) in [4.78, 5) is 9.39. The summed E-state index contributed by atoms with van der Waals surface area (Å²) >= 11 is 0. The number of hydrogen-bond donors (Lipinski definition) is 0. The second-order valence-corrected chi connectivity index (χ2v) is 12.0. The molecule has 1 saturated heterocycles. The average Bonchev–Trinajstić information content (AvgIpc) is 3.24. The minimum atomic E-state index is -3.68. The lowest BCUT2D eigenvalue weighted by atomic mass is 10.0.